The number of rotatable bonds is 8. The first-order valence-electron chi connectivity index (χ1n) is 15.9. The van der Waals surface area contributed by atoms with Crippen molar-refractivity contribution in [3.63, 3.8) is 0 Å². The SMILES string of the molecule is Nc1ncnc2c1c(-c1ccc(Oc3ccccc3)cc1)nn2C1CCC(N2CCN(c3cc(F)cc(C(=O)O)c3C(=O)O)CC2)CC1. The second-order valence-corrected chi connectivity index (χ2v) is 12.1. The second kappa shape index (κ2) is 12.9. The van der Waals surface area contributed by atoms with Crippen LogP contribution in [-0.2, 0) is 0 Å². The third-order valence-corrected chi connectivity index (χ3v) is 9.33. The molecule has 0 spiro atoms. The lowest BCUT2D eigenvalue weighted by Gasteiger charge is -2.43. The van der Waals surface area contributed by atoms with E-state index >= 15 is 0 Å². The summed E-state index contributed by atoms with van der Waals surface area (Å²) in [5, 5.41) is 25.0. The van der Waals surface area contributed by atoms with Crippen molar-refractivity contribution < 1.29 is 28.9 Å². The molecule has 2 fully saturated rings. The van der Waals surface area contributed by atoms with Gasteiger partial charge in [0.15, 0.2) is 5.65 Å². The molecular weight excluding hydrogens is 617 g/mol. The normalized spacial score (nSPS) is 18.6. The second-order valence-electron chi connectivity index (χ2n) is 12.1. The molecule has 48 heavy (non-hydrogen) atoms. The highest BCUT2D eigenvalue weighted by molar-refractivity contribution is 6.06. The van der Waals surface area contributed by atoms with Crippen LogP contribution in [0.25, 0.3) is 22.3 Å². The zero-order valence-electron chi connectivity index (χ0n) is 26.0. The minimum absolute atomic E-state index is 0.101. The molecule has 0 amide bonds. The number of halogens is 1. The molecule has 4 N–H and O–H groups in total. The van der Waals surface area contributed by atoms with Gasteiger partial charge in [0.2, 0.25) is 0 Å². The minimum Gasteiger partial charge on any atom is -0.478 e. The number of nitrogens with zero attached hydrogens (tertiary/aromatic N) is 6. The Hall–Kier alpha value is -5.56. The number of fused-ring (bicyclic) bond motifs is 1. The largest absolute Gasteiger partial charge is 0.478 e. The lowest BCUT2D eigenvalue weighted by Crippen LogP contribution is -2.51. The highest BCUT2D eigenvalue weighted by Gasteiger charge is 2.33. The molecule has 0 atom stereocenters. The number of hydrogen-bond donors (Lipinski definition) is 3. The topological polar surface area (TPSA) is 160 Å². The van der Waals surface area contributed by atoms with E-state index in [1.54, 1.807) is 4.90 Å². The first-order valence-corrected chi connectivity index (χ1v) is 15.9. The predicted octanol–water partition coefficient (Wildman–Crippen LogP) is 5.71. The highest BCUT2D eigenvalue weighted by Crippen LogP contribution is 2.38. The molecule has 0 bridgehead atoms. The van der Waals surface area contributed by atoms with Crippen molar-refractivity contribution in [2.24, 2.45) is 0 Å². The molecule has 3 heterocycles. The van der Waals surface area contributed by atoms with Crippen LogP contribution in [0, 0.1) is 5.82 Å². The van der Waals surface area contributed by atoms with Crippen molar-refractivity contribution in [2.45, 2.75) is 37.8 Å². The molecule has 0 unspecified atom stereocenters. The highest BCUT2D eigenvalue weighted by atomic mass is 19.1. The fourth-order valence-electron chi connectivity index (χ4n) is 6.99. The van der Waals surface area contributed by atoms with E-state index in [1.165, 1.54) is 6.33 Å². The summed E-state index contributed by atoms with van der Waals surface area (Å²) in [5.74, 6) is -1.80. The molecule has 7 rings (SSSR count). The Kier molecular flexibility index (Phi) is 8.36. The number of carboxylic acid groups (broad SMARTS) is 2. The van der Waals surface area contributed by atoms with Gasteiger partial charge in [0.1, 0.15) is 35.2 Å². The molecular formula is C35H34FN7O5. The molecule has 1 aliphatic carbocycles. The number of nitrogens with two attached hydrogens (primary N) is 1. The number of benzene rings is 3. The number of aromatic nitrogens is 4. The summed E-state index contributed by atoms with van der Waals surface area (Å²) in [7, 11) is 0. The van der Waals surface area contributed by atoms with Crippen LogP contribution in [-0.4, -0.2) is 79.0 Å². The number of aromatic carboxylic acids is 2. The van der Waals surface area contributed by atoms with E-state index in [4.69, 9.17) is 15.6 Å². The number of para-hydroxylation sites is 1. The lowest BCUT2D eigenvalue weighted by atomic mass is 9.89. The van der Waals surface area contributed by atoms with Crippen molar-refractivity contribution in [3.05, 3.63) is 90.0 Å². The van der Waals surface area contributed by atoms with E-state index in [2.05, 4.69) is 14.9 Å². The van der Waals surface area contributed by atoms with Gasteiger partial charge >= 0.3 is 11.9 Å². The summed E-state index contributed by atoms with van der Waals surface area (Å²) in [6, 6.07) is 19.6. The quantitative estimate of drug-likeness (QED) is 0.189. The fraction of sp³-hybridized carbons (Fsp3) is 0.286. The van der Waals surface area contributed by atoms with E-state index < -0.39 is 23.3 Å². The van der Waals surface area contributed by atoms with Crippen molar-refractivity contribution in [3.8, 4) is 22.8 Å². The van der Waals surface area contributed by atoms with Crippen LogP contribution in [0.2, 0.25) is 0 Å². The van der Waals surface area contributed by atoms with E-state index in [9.17, 15) is 24.2 Å². The third kappa shape index (κ3) is 5.99. The number of carbonyl (C=O) groups is 2. The van der Waals surface area contributed by atoms with Crippen LogP contribution >= 0.6 is 0 Å². The minimum atomic E-state index is -1.47. The first-order chi connectivity index (χ1) is 23.3. The van der Waals surface area contributed by atoms with Gasteiger partial charge in [-0.25, -0.2) is 28.6 Å². The molecule has 3 aromatic carbocycles. The summed E-state index contributed by atoms with van der Waals surface area (Å²) in [4.78, 5) is 36.6. The Morgan fingerprint density at radius 1 is 0.833 bits per heavy atom. The lowest BCUT2D eigenvalue weighted by molar-refractivity contribution is 0.0651. The van der Waals surface area contributed by atoms with Gasteiger partial charge in [-0.2, -0.15) is 5.10 Å². The van der Waals surface area contributed by atoms with Crippen molar-refractivity contribution in [2.75, 3.05) is 36.8 Å². The Bertz CT molecular complexity index is 1970. The molecule has 2 aliphatic rings. The van der Waals surface area contributed by atoms with Gasteiger partial charge < -0.3 is 25.6 Å². The Labute approximate surface area is 275 Å². The van der Waals surface area contributed by atoms with E-state index in [1.807, 2.05) is 59.3 Å². The van der Waals surface area contributed by atoms with E-state index in [0.717, 1.165) is 60.2 Å². The monoisotopic (exact) mass is 651 g/mol. The summed E-state index contributed by atoms with van der Waals surface area (Å²) in [6.45, 7) is 2.22. The number of anilines is 2. The van der Waals surface area contributed by atoms with Gasteiger partial charge in [0, 0.05) is 37.8 Å². The van der Waals surface area contributed by atoms with Gasteiger partial charge in [-0.3, -0.25) is 4.90 Å². The Morgan fingerprint density at radius 2 is 1.50 bits per heavy atom. The Morgan fingerprint density at radius 3 is 2.17 bits per heavy atom. The number of carboxylic acids is 2. The predicted molar refractivity (Wildman–Crippen MR) is 177 cm³/mol. The van der Waals surface area contributed by atoms with Crippen LogP contribution in [0.15, 0.2) is 73.1 Å². The van der Waals surface area contributed by atoms with Crippen LogP contribution < -0.4 is 15.4 Å². The molecule has 2 aromatic heterocycles. The standard InChI is InChI=1S/C35H34FN7O5/c36-22-18-27(34(44)45)29(35(46)47)28(19-22)42-16-14-41(15-17-42)23-8-10-24(11-9-23)43-33-30(32(37)38-20-39-33)31(40-43)21-6-12-26(13-7-21)48-25-4-2-1-3-5-25/h1-7,12-13,18-20,23-24H,8-11,14-17H2,(H,44,45)(H,46,47)(H2,37,38,39). The maximum atomic E-state index is 14.3. The summed E-state index contributed by atoms with van der Waals surface area (Å²) >= 11 is 0. The molecule has 1 aliphatic heterocycles. The molecule has 1 saturated heterocycles. The number of nitrogen functional groups attached to an aromatic ring is 1. The van der Waals surface area contributed by atoms with Gasteiger partial charge in [-0.05, 0) is 74.2 Å². The van der Waals surface area contributed by atoms with Crippen molar-refractivity contribution in [1.29, 1.82) is 0 Å². The summed E-state index contributed by atoms with van der Waals surface area (Å²) in [6.07, 6.45) is 5.08. The van der Waals surface area contributed by atoms with E-state index in [-0.39, 0.29) is 17.3 Å². The van der Waals surface area contributed by atoms with Crippen LogP contribution in [0.1, 0.15) is 52.4 Å². The van der Waals surface area contributed by atoms with Gasteiger partial charge in [0.25, 0.3) is 0 Å². The maximum absolute atomic E-state index is 14.3. The molecule has 246 valence electrons. The first kappa shape index (κ1) is 31.1. The van der Waals surface area contributed by atoms with Crippen LogP contribution in [0.3, 0.4) is 0 Å². The average Bonchev–Trinajstić information content (AvgIpc) is 3.50. The van der Waals surface area contributed by atoms with Crippen LogP contribution in [0.5, 0.6) is 11.5 Å². The number of piperazine rings is 1. The molecule has 0 radical (unpaired) electrons. The fourth-order valence-corrected chi connectivity index (χ4v) is 6.99. The van der Waals surface area contributed by atoms with Crippen molar-refractivity contribution >= 4 is 34.5 Å². The Balaban J connectivity index is 1.04. The maximum Gasteiger partial charge on any atom is 0.338 e. The van der Waals surface area contributed by atoms with Gasteiger partial charge in [-0.15, -0.1) is 0 Å². The average molecular weight is 652 g/mol. The number of ether oxygens (including phenoxy) is 1. The van der Waals surface area contributed by atoms with E-state index in [0.29, 0.717) is 49.4 Å². The zero-order valence-corrected chi connectivity index (χ0v) is 26.0. The number of hydrogen-bond acceptors (Lipinski definition) is 9. The smallest absolute Gasteiger partial charge is 0.338 e. The summed E-state index contributed by atoms with van der Waals surface area (Å²) < 4.78 is 22.3. The van der Waals surface area contributed by atoms with Crippen LogP contribution in [0.4, 0.5) is 15.9 Å². The molecule has 12 nitrogen and oxygen atoms in total. The molecule has 1 saturated carbocycles. The zero-order chi connectivity index (χ0) is 33.4. The van der Waals surface area contributed by atoms with Crippen molar-refractivity contribution in [1.82, 2.24) is 24.6 Å². The van der Waals surface area contributed by atoms with Gasteiger partial charge in [-0.1, -0.05) is 18.2 Å². The third-order valence-electron chi connectivity index (χ3n) is 9.33. The summed E-state index contributed by atoms with van der Waals surface area (Å²) in [5.41, 5.74) is 7.85. The molecule has 5 aromatic rings. The molecule has 13 heteroatoms. The van der Waals surface area contributed by atoms with Gasteiger partial charge in [0.05, 0.1) is 28.2 Å².